The van der Waals surface area contributed by atoms with Gasteiger partial charge in [0.25, 0.3) is 5.69 Å². The highest BCUT2D eigenvalue weighted by atomic mass is 32.2. The molecule has 0 spiro atoms. The van der Waals surface area contributed by atoms with Crippen LogP contribution < -0.4 is 0 Å². The van der Waals surface area contributed by atoms with E-state index in [-0.39, 0.29) is 24.6 Å². The number of benzene rings is 2. The number of allylic oxidation sites excluding steroid dienone is 1. The number of nitro benzene ring substituents is 1. The van der Waals surface area contributed by atoms with Crippen LogP contribution in [0, 0.1) is 10.1 Å². The number of carbonyl (C=O) groups is 2. The van der Waals surface area contributed by atoms with Crippen LogP contribution >= 0.6 is 11.8 Å². The van der Waals surface area contributed by atoms with Crippen molar-refractivity contribution in [2.75, 3.05) is 13.6 Å². The lowest BCUT2D eigenvalue weighted by molar-refractivity contribution is -0.384. The number of nitro groups is 1. The number of hydrogen-bond donors (Lipinski definition) is 0. The molecule has 186 valence electrons. The average Bonchev–Trinajstić information content (AvgIpc) is 3.28. The maximum Gasteiger partial charge on any atom is 0.338 e. The standard InChI is InChI=1S/C26H26N4O5S/c1-4-28(3)22(31)14-21-16-36-26-27-17(2)23(25(32)35-15-18-8-6-5-7-9-18)24(29(21)26)19-10-12-20(13-11-19)30(33)34/h5-13,16,24H,4,14-15H2,1-3H3. The molecule has 0 bridgehead atoms. The summed E-state index contributed by atoms with van der Waals surface area (Å²) in [4.78, 5) is 45.0. The third kappa shape index (κ3) is 5.18. The maximum atomic E-state index is 13.4. The zero-order valence-electron chi connectivity index (χ0n) is 20.2. The van der Waals surface area contributed by atoms with Crippen molar-refractivity contribution >= 4 is 34.5 Å². The van der Waals surface area contributed by atoms with Gasteiger partial charge in [-0.3, -0.25) is 14.9 Å². The smallest absolute Gasteiger partial charge is 0.338 e. The van der Waals surface area contributed by atoms with Crippen LogP contribution in [0.5, 0.6) is 0 Å². The molecule has 0 radical (unpaired) electrons. The van der Waals surface area contributed by atoms with Gasteiger partial charge in [-0.1, -0.05) is 42.1 Å². The summed E-state index contributed by atoms with van der Waals surface area (Å²) in [6, 6.07) is 14.8. The van der Waals surface area contributed by atoms with Crippen molar-refractivity contribution in [3.63, 3.8) is 0 Å². The van der Waals surface area contributed by atoms with Crippen LogP contribution in [0.3, 0.4) is 0 Å². The van der Waals surface area contributed by atoms with E-state index in [1.165, 1.54) is 23.9 Å². The predicted octanol–water partition coefficient (Wildman–Crippen LogP) is 4.78. The SMILES string of the molecule is CCN(C)C(=O)CC1=CSC2=NC(C)=C(C(=O)OCc3ccccc3)C(c3ccc([N+](=O)[O-])cc3)N12. The van der Waals surface area contributed by atoms with Gasteiger partial charge < -0.3 is 14.5 Å². The van der Waals surface area contributed by atoms with Crippen LogP contribution in [-0.2, 0) is 20.9 Å². The molecular weight excluding hydrogens is 480 g/mol. The quantitative estimate of drug-likeness (QED) is 0.288. The van der Waals surface area contributed by atoms with Crippen LogP contribution in [0.4, 0.5) is 5.69 Å². The van der Waals surface area contributed by atoms with Gasteiger partial charge in [-0.15, -0.1) is 0 Å². The third-order valence-corrected chi connectivity index (χ3v) is 6.97. The van der Waals surface area contributed by atoms with Gasteiger partial charge in [0.1, 0.15) is 6.61 Å². The monoisotopic (exact) mass is 506 g/mol. The third-order valence-electron chi connectivity index (χ3n) is 6.09. The van der Waals surface area contributed by atoms with Gasteiger partial charge in [-0.05, 0) is 42.5 Å². The molecule has 4 rings (SSSR count). The van der Waals surface area contributed by atoms with Crippen molar-refractivity contribution in [2.45, 2.75) is 32.9 Å². The number of carbonyl (C=O) groups excluding carboxylic acids is 2. The molecular formula is C26H26N4O5S. The van der Waals surface area contributed by atoms with E-state index in [1.807, 2.05) is 47.6 Å². The molecule has 0 fully saturated rings. The number of fused-ring (bicyclic) bond motifs is 1. The minimum Gasteiger partial charge on any atom is -0.457 e. The Labute approximate surface area is 213 Å². The number of esters is 1. The second-order valence-electron chi connectivity index (χ2n) is 8.39. The lowest BCUT2D eigenvalue weighted by Gasteiger charge is -2.36. The number of rotatable bonds is 8. The van der Waals surface area contributed by atoms with Gasteiger partial charge in [0.15, 0.2) is 5.17 Å². The van der Waals surface area contributed by atoms with Crippen LogP contribution in [0.1, 0.15) is 37.4 Å². The van der Waals surface area contributed by atoms with Crippen molar-refractivity contribution in [3.8, 4) is 0 Å². The summed E-state index contributed by atoms with van der Waals surface area (Å²) in [5, 5.41) is 13.7. The van der Waals surface area contributed by atoms with Crippen molar-refractivity contribution in [3.05, 3.63) is 98.2 Å². The summed E-state index contributed by atoms with van der Waals surface area (Å²) in [5.74, 6) is -0.594. The van der Waals surface area contributed by atoms with Crippen molar-refractivity contribution in [1.82, 2.24) is 9.80 Å². The number of hydrogen-bond acceptors (Lipinski definition) is 8. The van der Waals surface area contributed by atoms with E-state index >= 15 is 0 Å². The van der Waals surface area contributed by atoms with E-state index in [4.69, 9.17) is 4.74 Å². The second-order valence-corrected chi connectivity index (χ2v) is 9.22. The number of ether oxygens (including phenoxy) is 1. The van der Waals surface area contributed by atoms with Gasteiger partial charge in [-0.25, -0.2) is 9.79 Å². The second kappa shape index (κ2) is 10.8. The Kier molecular flexibility index (Phi) is 7.54. The van der Waals surface area contributed by atoms with E-state index in [9.17, 15) is 19.7 Å². The molecule has 2 aliphatic rings. The summed E-state index contributed by atoms with van der Waals surface area (Å²) in [7, 11) is 1.74. The highest BCUT2D eigenvalue weighted by molar-refractivity contribution is 8.16. The number of aliphatic imine (C=N–C) groups is 1. The number of amides is 1. The molecule has 0 aromatic heterocycles. The molecule has 1 atom stereocenters. The van der Waals surface area contributed by atoms with Gasteiger partial charge in [-0.2, -0.15) is 0 Å². The molecule has 2 aromatic carbocycles. The highest BCUT2D eigenvalue weighted by Gasteiger charge is 2.41. The fourth-order valence-corrected chi connectivity index (χ4v) is 4.96. The summed E-state index contributed by atoms with van der Waals surface area (Å²) in [6.07, 6.45) is 0.130. The molecule has 2 aliphatic heterocycles. The summed E-state index contributed by atoms with van der Waals surface area (Å²) < 4.78 is 5.67. The molecule has 2 aromatic rings. The fourth-order valence-electron chi connectivity index (χ4n) is 3.99. The predicted molar refractivity (Wildman–Crippen MR) is 138 cm³/mol. The fraction of sp³-hybridized carbons (Fsp3) is 0.269. The molecule has 9 nitrogen and oxygen atoms in total. The Hall–Kier alpha value is -3.92. The van der Waals surface area contributed by atoms with Gasteiger partial charge in [0, 0.05) is 31.4 Å². The maximum absolute atomic E-state index is 13.4. The Balaban J connectivity index is 1.71. The Morgan fingerprint density at radius 2 is 1.86 bits per heavy atom. The number of non-ortho nitro benzene ring substituents is 1. The molecule has 1 unspecified atom stereocenters. The molecule has 0 saturated carbocycles. The molecule has 2 heterocycles. The number of amidine groups is 1. The average molecular weight is 507 g/mol. The number of nitrogens with zero attached hydrogens (tertiary/aromatic N) is 4. The van der Waals surface area contributed by atoms with E-state index < -0.39 is 16.9 Å². The first-order chi connectivity index (χ1) is 17.3. The van der Waals surface area contributed by atoms with Crippen LogP contribution in [-0.4, -0.2) is 45.4 Å². The zero-order chi connectivity index (χ0) is 25.8. The Morgan fingerprint density at radius 3 is 2.50 bits per heavy atom. The van der Waals surface area contributed by atoms with Gasteiger partial charge in [0.05, 0.1) is 28.7 Å². The van der Waals surface area contributed by atoms with E-state index in [2.05, 4.69) is 4.99 Å². The first-order valence-electron chi connectivity index (χ1n) is 11.4. The largest absolute Gasteiger partial charge is 0.457 e. The highest BCUT2D eigenvalue weighted by Crippen LogP contribution is 2.45. The minimum absolute atomic E-state index is 0.0522. The lowest BCUT2D eigenvalue weighted by Crippen LogP contribution is -2.38. The minimum atomic E-state index is -0.650. The van der Waals surface area contributed by atoms with Crippen molar-refractivity contribution in [2.24, 2.45) is 4.99 Å². The molecule has 36 heavy (non-hydrogen) atoms. The Morgan fingerprint density at radius 1 is 1.17 bits per heavy atom. The summed E-state index contributed by atoms with van der Waals surface area (Å²) in [6.45, 7) is 4.31. The lowest BCUT2D eigenvalue weighted by atomic mass is 9.93. The van der Waals surface area contributed by atoms with Gasteiger partial charge >= 0.3 is 5.97 Å². The van der Waals surface area contributed by atoms with E-state index in [0.717, 1.165) is 5.56 Å². The van der Waals surface area contributed by atoms with E-state index in [1.54, 1.807) is 31.0 Å². The van der Waals surface area contributed by atoms with Gasteiger partial charge in [0.2, 0.25) is 5.91 Å². The zero-order valence-corrected chi connectivity index (χ0v) is 21.0. The summed E-state index contributed by atoms with van der Waals surface area (Å²) in [5.41, 5.74) is 2.98. The number of thioether (sulfide) groups is 1. The summed E-state index contributed by atoms with van der Waals surface area (Å²) >= 11 is 1.38. The molecule has 0 saturated heterocycles. The normalized spacial score (nSPS) is 16.8. The molecule has 0 N–H and O–H groups in total. The van der Waals surface area contributed by atoms with Crippen LogP contribution in [0.2, 0.25) is 0 Å². The molecule has 1 amide bonds. The van der Waals surface area contributed by atoms with E-state index in [0.29, 0.717) is 34.2 Å². The van der Waals surface area contributed by atoms with Crippen molar-refractivity contribution < 1.29 is 19.2 Å². The van der Waals surface area contributed by atoms with Crippen molar-refractivity contribution in [1.29, 1.82) is 0 Å². The van der Waals surface area contributed by atoms with Crippen LogP contribution in [0.15, 0.2) is 82.0 Å². The molecule has 10 heteroatoms. The topological polar surface area (TPSA) is 105 Å². The molecule has 0 aliphatic carbocycles. The Bertz CT molecular complexity index is 1270. The first kappa shape index (κ1) is 25.2. The van der Waals surface area contributed by atoms with Crippen LogP contribution in [0.25, 0.3) is 0 Å². The first-order valence-corrected chi connectivity index (χ1v) is 12.3.